The Balaban J connectivity index is 3.16. The molecule has 1 unspecified atom stereocenters. The number of halogens is 2. The van der Waals surface area contributed by atoms with Gasteiger partial charge in [-0.2, -0.15) is 0 Å². The molecule has 0 heterocycles. The lowest BCUT2D eigenvalue weighted by atomic mass is 9.97. The van der Waals surface area contributed by atoms with Crippen molar-refractivity contribution >= 4 is 23.2 Å². The van der Waals surface area contributed by atoms with Crippen LogP contribution >= 0.6 is 23.2 Å². The van der Waals surface area contributed by atoms with Crippen molar-refractivity contribution in [3.05, 3.63) is 27.7 Å². The van der Waals surface area contributed by atoms with Crippen LogP contribution in [0.15, 0.2) is 12.1 Å². The molecule has 0 bridgehead atoms. The van der Waals surface area contributed by atoms with Gasteiger partial charge in [0.15, 0.2) is 0 Å². The van der Waals surface area contributed by atoms with Gasteiger partial charge in [-0.25, -0.2) is 0 Å². The van der Waals surface area contributed by atoms with Crippen LogP contribution in [0, 0.1) is 0 Å². The molecule has 2 N–H and O–H groups in total. The average molecular weight is 277 g/mol. The van der Waals surface area contributed by atoms with Gasteiger partial charge >= 0.3 is 0 Å². The standard InChI is InChI=1S/C12H18Cl2N2O/c1-16(2)7-8(6-15)10-4-9(13)5-11(14)12(10)17-3/h4-5,8H,6-7,15H2,1-3H3. The van der Waals surface area contributed by atoms with E-state index in [9.17, 15) is 0 Å². The highest BCUT2D eigenvalue weighted by Crippen LogP contribution is 2.36. The Labute approximate surface area is 112 Å². The molecule has 0 amide bonds. The maximum atomic E-state index is 6.11. The number of hydrogen-bond acceptors (Lipinski definition) is 3. The fraction of sp³-hybridized carbons (Fsp3) is 0.500. The van der Waals surface area contributed by atoms with Crippen molar-refractivity contribution in [1.82, 2.24) is 4.90 Å². The van der Waals surface area contributed by atoms with Crippen molar-refractivity contribution in [2.75, 3.05) is 34.3 Å². The molecule has 1 aromatic rings. The second kappa shape index (κ2) is 6.45. The molecule has 0 aromatic heterocycles. The van der Waals surface area contributed by atoms with Crippen LogP contribution in [0.5, 0.6) is 5.75 Å². The first-order valence-electron chi connectivity index (χ1n) is 5.37. The monoisotopic (exact) mass is 276 g/mol. The van der Waals surface area contributed by atoms with Crippen LogP contribution in [0.2, 0.25) is 10.0 Å². The van der Waals surface area contributed by atoms with Gasteiger partial charge in [0.2, 0.25) is 0 Å². The lowest BCUT2D eigenvalue weighted by molar-refractivity contribution is 0.361. The smallest absolute Gasteiger partial charge is 0.141 e. The summed E-state index contributed by atoms with van der Waals surface area (Å²) in [5.41, 5.74) is 6.77. The van der Waals surface area contributed by atoms with Crippen LogP contribution < -0.4 is 10.5 Å². The van der Waals surface area contributed by atoms with E-state index < -0.39 is 0 Å². The van der Waals surface area contributed by atoms with Gasteiger partial charge in [0.1, 0.15) is 5.75 Å². The van der Waals surface area contributed by atoms with Gasteiger partial charge in [-0.1, -0.05) is 23.2 Å². The average Bonchev–Trinajstić information content (AvgIpc) is 2.24. The van der Waals surface area contributed by atoms with Crippen molar-refractivity contribution in [3.8, 4) is 5.75 Å². The maximum Gasteiger partial charge on any atom is 0.141 e. The van der Waals surface area contributed by atoms with E-state index in [1.165, 1.54) is 0 Å². The molecule has 0 radical (unpaired) electrons. The van der Waals surface area contributed by atoms with E-state index >= 15 is 0 Å². The predicted octanol–water partition coefficient (Wildman–Crippen LogP) is 2.61. The van der Waals surface area contributed by atoms with E-state index in [2.05, 4.69) is 4.90 Å². The first-order valence-corrected chi connectivity index (χ1v) is 6.13. The Morgan fingerprint density at radius 3 is 2.47 bits per heavy atom. The molecule has 0 saturated heterocycles. The second-order valence-electron chi connectivity index (χ2n) is 4.20. The number of benzene rings is 1. The summed E-state index contributed by atoms with van der Waals surface area (Å²) in [5, 5.41) is 1.12. The minimum atomic E-state index is 0.149. The quantitative estimate of drug-likeness (QED) is 0.899. The minimum Gasteiger partial charge on any atom is -0.495 e. The van der Waals surface area contributed by atoms with E-state index in [1.807, 2.05) is 20.2 Å². The summed E-state index contributed by atoms with van der Waals surface area (Å²) in [7, 11) is 5.60. The number of hydrogen-bond donors (Lipinski definition) is 1. The summed E-state index contributed by atoms with van der Waals surface area (Å²) in [5.74, 6) is 0.810. The number of nitrogens with two attached hydrogens (primary N) is 1. The number of rotatable bonds is 5. The summed E-state index contributed by atoms with van der Waals surface area (Å²) < 4.78 is 5.33. The maximum absolute atomic E-state index is 6.11. The second-order valence-corrected chi connectivity index (χ2v) is 5.05. The van der Waals surface area contributed by atoms with Crippen LogP contribution in [-0.2, 0) is 0 Å². The molecule has 3 nitrogen and oxygen atoms in total. The molecule has 0 aliphatic carbocycles. The Bertz CT molecular complexity index is 383. The third-order valence-corrected chi connectivity index (χ3v) is 3.05. The van der Waals surface area contributed by atoms with Crippen LogP contribution in [-0.4, -0.2) is 39.2 Å². The van der Waals surface area contributed by atoms with Gasteiger partial charge in [-0.05, 0) is 26.2 Å². The Kier molecular flexibility index (Phi) is 5.53. The third-order valence-electron chi connectivity index (χ3n) is 2.55. The Morgan fingerprint density at radius 2 is 2.00 bits per heavy atom. The van der Waals surface area contributed by atoms with E-state index in [1.54, 1.807) is 13.2 Å². The van der Waals surface area contributed by atoms with E-state index in [-0.39, 0.29) is 5.92 Å². The third kappa shape index (κ3) is 3.75. The molecular weight excluding hydrogens is 259 g/mol. The molecule has 5 heteroatoms. The van der Waals surface area contributed by atoms with Crippen LogP contribution in [0.3, 0.4) is 0 Å². The van der Waals surface area contributed by atoms with Gasteiger partial charge in [-0.3, -0.25) is 0 Å². The van der Waals surface area contributed by atoms with Gasteiger partial charge in [0.05, 0.1) is 12.1 Å². The fourth-order valence-corrected chi connectivity index (χ4v) is 2.43. The zero-order valence-corrected chi connectivity index (χ0v) is 11.8. The Hall–Kier alpha value is -0.480. The zero-order valence-electron chi connectivity index (χ0n) is 10.3. The number of ether oxygens (including phenoxy) is 1. The van der Waals surface area contributed by atoms with Gasteiger partial charge in [0.25, 0.3) is 0 Å². The molecule has 17 heavy (non-hydrogen) atoms. The summed E-state index contributed by atoms with van der Waals surface area (Å²) >= 11 is 12.1. The highest BCUT2D eigenvalue weighted by Gasteiger charge is 2.18. The van der Waals surface area contributed by atoms with Crippen molar-refractivity contribution in [1.29, 1.82) is 0 Å². The first-order chi connectivity index (χ1) is 7.99. The number of likely N-dealkylation sites (N-methyl/N-ethyl adjacent to an activating group) is 1. The summed E-state index contributed by atoms with van der Waals surface area (Å²) in [6.45, 7) is 1.34. The van der Waals surface area contributed by atoms with E-state index in [4.69, 9.17) is 33.7 Å². The molecule has 0 aliphatic rings. The molecule has 1 atom stereocenters. The fourth-order valence-electron chi connectivity index (χ4n) is 1.84. The zero-order chi connectivity index (χ0) is 13.0. The highest BCUT2D eigenvalue weighted by atomic mass is 35.5. The molecule has 0 spiro atoms. The number of methoxy groups -OCH3 is 1. The topological polar surface area (TPSA) is 38.5 Å². The van der Waals surface area contributed by atoms with Crippen molar-refractivity contribution < 1.29 is 4.74 Å². The molecule has 0 fully saturated rings. The van der Waals surface area contributed by atoms with Crippen molar-refractivity contribution in [2.45, 2.75) is 5.92 Å². The lowest BCUT2D eigenvalue weighted by Crippen LogP contribution is -2.26. The van der Waals surface area contributed by atoms with Gasteiger partial charge in [-0.15, -0.1) is 0 Å². The largest absolute Gasteiger partial charge is 0.495 e. The van der Waals surface area contributed by atoms with Crippen LogP contribution in [0.25, 0.3) is 0 Å². The lowest BCUT2D eigenvalue weighted by Gasteiger charge is -2.22. The molecule has 1 aromatic carbocycles. The Morgan fingerprint density at radius 1 is 1.35 bits per heavy atom. The van der Waals surface area contributed by atoms with E-state index in [0.717, 1.165) is 12.1 Å². The minimum absolute atomic E-state index is 0.149. The van der Waals surface area contributed by atoms with Crippen LogP contribution in [0.4, 0.5) is 0 Å². The summed E-state index contributed by atoms with van der Waals surface area (Å²) in [6, 6.07) is 3.54. The first kappa shape index (κ1) is 14.6. The molecule has 1 rings (SSSR count). The van der Waals surface area contributed by atoms with Crippen molar-refractivity contribution in [3.63, 3.8) is 0 Å². The van der Waals surface area contributed by atoms with Gasteiger partial charge < -0.3 is 15.4 Å². The molecule has 0 aliphatic heterocycles. The SMILES string of the molecule is COc1c(Cl)cc(Cl)cc1C(CN)CN(C)C. The molecular formula is C12H18Cl2N2O. The highest BCUT2D eigenvalue weighted by molar-refractivity contribution is 6.35. The normalized spacial score (nSPS) is 12.9. The predicted molar refractivity (Wildman–Crippen MR) is 73.4 cm³/mol. The van der Waals surface area contributed by atoms with Crippen LogP contribution in [0.1, 0.15) is 11.5 Å². The van der Waals surface area contributed by atoms with E-state index in [0.29, 0.717) is 22.3 Å². The molecule has 0 saturated carbocycles. The molecule has 96 valence electrons. The number of nitrogens with zero attached hydrogens (tertiary/aromatic N) is 1. The summed E-state index contributed by atoms with van der Waals surface area (Å²) in [4.78, 5) is 2.08. The summed E-state index contributed by atoms with van der Waals surface area (Å²) in [6.07, 6.45) is 0. The van der Waals surface area contributed by atoms with Gasteiger partial charge in [0, 0.05) is 29.6 Å². The van der Waals surface area contributed by atoms with Crippen molar-refractivity contribution in [2.24, 2.45) is 5.73 Å².